The Morgan fingerprint density at radius 2 is 2.18 bits per heavy atom. The van der Waals surface area contributed by atoms with Crippen molar-refractivity contribution < 1.29 is 8.81 Å². The molecule has 1 N–H and O–H groups in total. The molecule has 90 valence electrons. The number of halogens is 1. The van der Waals surface area contributed by atoms with E-state index >= 15 is 0 Å². The first-order valence-corrected chi connectivity index (χ1v) is 6.00. The van der Waals surface area contributed by atoms with Crippen molar-refractivity contribution in [3.05, 3.63) is 29.6 Å². The number of benzene rings is 1. The molecule has 3 heteroatoms. The molecule has 0 bridgehead atoms. The molecule has 17 heavy (non-hydrogen) atoms. The molecule has 1 aromatic carbocycles. The summed E-state index contributed by atoms with van der Waals surface area (Å²) < 4.78 is 18.8. The number of fused-ring (bicyclic) bond motifs is 1. The second-order valence-corrected chi connectivity index (χ2v) is 5.36. The monoisotopic (exact) mass is 233 g/mol. The third kappa shape index (κ3) is 1.90. The van der Waals surface area contributed by atoms with Gasteiger partial charge < -0.3 is 9.73 Å². The van der Waals surface area contributed by atoms with Gasteiger partial charge in [0.05, 0.1) is 0 Å². The van der Waals surface area contributed by atoms with Crippen LogP contribution < -0.4 is 5.32 Å². The van der Waals surface area contributed by atoms with Crippen molar-refractivity contribution in [3.8, 4) is 0 Å². The zero-order valence-corrected chi connectivity index (χ0v) is 10.1. The van der Waals surface area contributed by atoms with Gasteiger partial charge in [-0.2, -0.15) is 0 Å². The predicted molar refractivity (Wildman–Crippen MR) is 66.7 cm³/mol. The summed E-state index contributed by atoms with van der Waals surface area (Å²) in [5.74, 6) is 0.556. The van der Waals surface area contributed by atoms with E-state index in [9.17, 15) is 4.39 Å². The summed E-state index contributed by atoms with van der Waals surface area (Å²) in [7, 11) is 0. The lowest BCUT2D eigenvalue weighted by Gasteiger charge is -2.09. The molecule has 1 heterocycles. The van der Waals surface area contributed by atoms with Gasteiger partial charge in [-0.05, 0) is 43.4 Å². The number of nitrogens with one attached hydrogen (secondary N) is 1. The highest BCUT2D eigenvalue weighted by molar-refractivity contribution is 5.85. The molecular weight excluding hydrogens is 217 g/mol. The second kappa shape index (κ2) is 3.49. The van der Waals surface area contributed by atoms with Gasteiger partial charge in [0.2, 0.25) is 0 Å². The minimum Gasteiger partial charge on any atom is -0.440 e. The van der Waals surface area contributed by atoms with Gasteiger partial charge in [0.25, 0.3) is 0 Å². The van der Waals surface area contributed by atoms with Gasteiger partial charge in [-0.25, -0.2) is 4.39 Å². The Bertz CT molecular complexity index is 569. The summed E-state index contributed by atoms with van der Waals surface area (Å²) in [6.07, 6.45) is 2.54. The van der Waals surface area contributed by atoms with E-state index < -0.39 is 0 Å². The molecule has 1 saturated carbocycles. The Morgan fingerprint density at radius 1 is 1.41 bits per heavy atom. The molecule has 1 aliphatic carbocycles. The van der Waals surface area contributed by atoms with Gasteiger partial charge in [-0.3, -0.25) is 0 Å². The fourth-order valence-electron chi connectivity index (χ4n) is 2.05. The van der Waals surface area contributed by atoms with Crippen LogP contribution in [0.3, 0.4) is 0 Å². The summed E-state index contributed by atoms with van der Waals surface area (Å²) in [5.41, 5.74) is 2.16. The smallest absolute Gasteiger partial charge is 0.197 e. The molecule has 1 aliphatic rings. The van der Waals surface area contributed by atoms with Crippen LogP contribution >= 0.6 is 0 Å². The van der Waals surface area contributed by atoms with Gasteiger partial charge in [0.1, 0.15) is 11.4 Å². The maximum atomic E-state index is 13.1. The van der Waals surface area contributed by atoms with Crippen molar-refractivity contribution >= 4 is 16.9 Å². The average molecular weight is 233 g/mol. The molecule has 0 saturated heterocycles. The van der Waals surface area contributed by atoms with Crippen LogP contribution in [0, 0.1) is 18.2 Å². The van der Waals surface area contributed by atoms with Crippen molar-refractivity contribution in [2.45, 2.75) is 26.7 Å². The number of hydrogen-bond donors (Lipinski definition) is 1. The van der Waals surface area contributed by atoms with Crippen molar-refractivity contribution in [1.82, 2.24) is 0 Å². The third-order valence-electron chi connectivity index (χ3n) is 3.68. The molecule has 2 aromatic rings. The molecule has 1 aromatic heterocycles. The molecule has 0 aliphatic heterocycles. The van der Waals surface area contributed by atoms with E-state index in [2.05, 4.69) is 12.2 Å². The molecule has 0 radical (unpaired) electrons. The highest BCUT2D eigenvalue weighted by Crippen LogP contribution is 2.45. The van der Waals surface area contributed by atoms with Crippen molar-refractivity contribution in [2.75, 3.05) is 11.9 Å². The summed E-state index contributed by atoms with van der Waals surface area (Å²) >= 11 is 0. The van der Waals surface area contributed by atoms with Gasteiger partial charge in [0.15, 0.2) is 5.88 Å². The molecule has 0 unspecified atom stereocenters. The zero-order valence-electron chi connectivity index (χ0n) is 10.1. The molecule has 3 rings (SSSR count). The summed E-state index contributed by atoms with van der Waals surface area (Å²) in [5, 5.41) is 4.19. The van der Waals surface area contributed by atoms with Crippen LogP contribution in [0.4, 0.5) is 10.3 Å². The van der Waals surface area contributed by atoms with Gasteiger partial charge >= 0.3 is 0 Å². The van der Waals surface area contributed by atoms with Crippen LogP contribution in [-0.2, 0) is 0 Å². The summed E-state index contributed by atoms with van der Waals surface area (Å²) in [6.45, 7) is 5.15. The lowest BCUT2D eigenvalue weighted by molar-refractivity contribution is 0.574. The molecule has 1 fully saturated rings. The maximum absolute atomic E-state index is 13.1. The highest BCUT2D eigenvalue weighted by atomic mass is 19.1. The number of aryl methyl sites for hydroxylation is 1. The van der Waals surface area contributed by atoms with E-state index in [1.54, 1.807) is 6.07 Å². The largest absolute Gasteiger partial charge is 0.440 e. The van der Waals surface area contributed by atoms with E-state index in [0.29, 0.717) is 5.41 Å². The Labute approximate surface area is 99.8 Å². The Kier molecular flexibility index (Phi) is 2.18. The van der Waals surface area contributed by atoms with E-state index in [-0.39, 0.29) is 5.82 Å². The topological polar surface area (TPSA) is 25.2 Å². The fraction of sp³-hybridized carbons (Fsp3) is 0.429. The van der Waals surface area contributed by atoms with Crippen molar-refractivity contribution in [2.24, 2.45) is 5.41 Å². The Morgan fingerprint density at radius 3 is 2.88 bits per heavy atom. The minimum atomic E-state index is -0.220. The summed E-state index contributed by atoms with van der Waals surface area (Å²) in [6, 6.07) is 4.64. The lowest BCUT2D eigenvalue weighted by Crippen LogP contribution is -2.11. The quantitative estimate of drug-likeness (QED) is 0.863. The van der Waals surface area contributed by atoms with Crippen LogP contribution in [-0.4, -0.2) is 6.54 Å². The van der Waals surface area contributed by atoms with Gasteiger partial charge in [-0.1, -0.05) is 6.92 Å². The molecule has 0 spiro atoms. The van der Waals surface area contributed by atoms with Crippen molar-refractivity contribution in [1.29, 1.82) is 0 Å². The molecule has 0 amide bonds. The van der Waals surface area contributed by atoms with Gasteiger partial charge in [-0.15, -0.1) is 0 Å². The summed E-state index contributed by atoms with van der Waals surface area (Å²) in [4.78, 5) is 0. The van der Waals surface area contributed by atoms with Crippen LogP contribution in [0.1, 0.15) is 25.3 Å². The van der Waals surface area contributed by atoms with E-state index in [1.807, 2.05) is 6.92 Å². The number of rotatable bonds is 3. The molecule has 0 atom stereocenters. The van der Waals surface area contributed by atoms with Gasteiger partial charge in [0, 0.05) is 17.5 Å². The van der Waals surface area contributed by atoms with E-state index in [0.717, 1.165) is 29.0 Å². The fourth-order valence-corrected chi connectivity index (χ4v) is 2.05. The molecular formula is C14H16FNO. The first-order chi connectivity index (χ1) is 8.07. The Balaban J connectivity index is 1.91. The zero-order chi connectivity index (χ0) is 12.0. The first kappa shape index (κ1) is 10.6. The maximum Gasteiger partial charge on any atom is 0.197 e. The predicted octanol–water partition coefficient (Wildman–Crippen LogP) is 4.09. The van der Waals surface area contributed by atoms with Crippen LogP contribution in [0.5, 0.6) is 0 Å². The third-order valence-corrected chi connectivity index (χ3v) is 3.68. The number of hydrogen-bond acceptors (Lipinski definition) is 2. The molecule has 2 nitrogen and oxygen atoms in total. The van der Waals surface area contributed by atoms with Crippen LogP contribution in [0.15, 0.2) is 22.6 Å². The standard InChI is InChI=1S/C14H16FNO/c1-9-11-7-10(15)3-4-12(11)17-13(9)16-8-14(2)5-6-14/h3-4,7,16H,5-6,8H2,1-2H3. The normalized spacial score (nSPS) is 17.4. The lowest BCUT2D eigenvalue weighted by atomic mass is 10.1. The first-order valence-electron chi connectivity index (χ1n) is 6.00. The van der Waals surface area contributed by atoms with E-state index in [4.69, 9.17) is 4.42 Å². The Hall–Kier alpha value is -1.51. The number of furan rings is 1. The minimum absolute atomic E-state index is 0.220. The average Bonchev–Trinajstić information content (AvgIpc) is 2.95. The van der Waals surface area contributed by atoms with E-state index in [1.165, 1.54) is 25.0 Å². The van der Waals surface area contributed by atoms with Crippen LogP contribution in [0.25, 0.3) is 11.0 Å². The highest BCUT2D eigenvalue weighted by Gasteiger charge is 2.37. The van der Waals surface area contributed by atoms with Crippen molar-refractivity contribution in [3.63, 3.8) is 0 Å². The number of anilines is 1. The SMILES string of the molecule is Cc1c(NCC2(C)CC2)oc2ccc(F)cc12. The second-order valence-electron chi connectivity index (χ2n) is 5.36. The van der Waals surface area contributed by atoms with Crippen LogP contribution in [0.2, 0.25) is 0 Å².